The minimum absolute atomic E-state index is 0.0508. The van der Waals surface area contributed by atoms with Gasteiger partial charge >= 0.3 is 6.36 Å². The Morgan fingerprint density at radius 2 is 1.73 bits per heavy atom. The van der Waals surface area contributed by atoms with Crippen molar-refractivity contribution in [3.63, 3.8) is 0 Å². The number of nitrogens with zero attached hydrogens (tertiary/aromatic N) is 1. The van der Waals surface area contributed by atoms with Gasteiger partial charge in [0.25, 0.3) is 0 Å². The molecule has 0 aromatic heterocycles. The highest BCUT2D eigenvalue weighted by atomic mass is 19.4. The Labute approximate surface area is 173 Å². The molecule has 0 atom stereocenters. The molecule has 0 unspecified atom stereocenters. The summed E-state index contributed by atoms with van der Waals surface area (Å²) >= 11 is 0. The van der Waals surface area contributed by atoms with Gasteiger partial charge in [-0.15, -0.1) is 13.2 Å². The van der Waals surface area contributed by atoms with Crippen LogP contribution in [-0.4, -0.2) is 44.0 Å². The van der Waals surface area contributed by atoms with Gasteiger partial charge in [0.2, 0.25) is 5.91 Å². The fourth-order valence-electron chi connectivity index (χ4n) is 2.78. The first-order chi connectivity index (χ1) is 14.2. The summed E-state index contributed by atoms with van der Waals surface area (Å²) in [5.41, 5.74) is 0.778. The fraction of sp³-hybridized carbons (Fsp3) is 0.381. The van der Waals surface area contributed by atoms with Gasteiger partial charge in [-0.25, -0.2) is 0 Å². The van der Waals surface area contributed by atoms with Crippen molar-refractivity contribution in [3.8, 4) is 17.2 Å². The van der Waals surface area contributed by atoms with Crippen LogP contribution in [0.15, 0.2) is 42.5 Å². The molecule has 0 aliphatic carbocycles. The lowest BCUT2D eigenvalue weighted by atomic mass is 10.2. The Kier molecular flexibility index (Phi) is 8.35. The number of rotatable bonds is 10. The predicted octanol–water partition coefficient (Wildman–Crippen LogP) is 4.45. The van der Waals surface area contributed by atoms with Gasteiger partial charge in [0.1, 0.15) is 17.2 Å². The molecule has 2 rings (SSSR count). The number of likely N-dealkylation sites (N-methyl/N-ethyl adjacent to an activating group) is 1. The fourth-order valence-corrected chi connectivity index (χ4v) is 2.78. The van der Waals surface area contributed by atoms with E-state index in [9.17, 15) is 18.0 Å². The Balaban J connectivity index is 2.04. The monoisotopic (exact) mass is 426 g/mol. The molecule has 0 spiro atoms. The van der Waals surface area contributed by atoms with E-state index in [1.165, 1.54) is 18.2 Å². The van der Waals surface area contributed by atoms with Gasteiger partial charge in [0.15, 0.2) is 0 Å². The summed E-state index contributed by atoms with van der Waals surface area (Å²) in [6, 6.07) is 10.9. The number of carbonyl (C=O) groups excluding carboxylic acids is 1. The van der Waals surface area contributed by atoms with Crippen molar-refractivity contribution in [2.75, 3.05) is 32.1 Å². The number of ether oxygens (including phenoxy) is 3. The number of para-hydroxylation sites is 1. The third kappa shape index (κ3) is 7.47. The standard InChI is InChI=1S/C21H25F3N2O4/c1-4-28-16-10-11-19(29-5-2)17(12-16)25-20(27)14-26(3)13-15-8-6-7-9-18(15)30-21(22,23)24/h6-12H,4-5,13-14H2,1-3H3,(H,25,27). The van der Waals surface area contributed by atoms with Crippen LogP contribution in [0.2, 0.25) is 0 Å². The van der Waals surface area contributed by atoms with Crippen molar-refractivity contribution in [2.24, 2.45) is 0 Å². The number of carbonyl (C=O) groups is 1. The van der Waals surface area contributed by atoms with Crippen molar-refractivity contribution >= 4 is 11.6 Å². The Morgan fingerprint density at radius 3 is 2.40 bits per heavy atom. The summed E-state index contributed by atoms with van der Waals surface area (Å²) in [6.07, 6.45) is -4.78. The van der Waals surface area contributed by atoms with E-state index in [0.29, 0.717) is 36.0 Å². The van der Waals surface area contributed by atoms with Crippen LogP contribution in [-0.2, 0) is 11.3 Å². The van der Waals surface area contributed by atoms with Gasteiger partial charge in [0.05, 0.1) is 25.4 Å². The maximum absolute atomic E-state index is 12.6. The van der Waals surface area contributed by atoms with Crippen molar-refractivity contribution in [1.82, 2.24) is 4.90 Å². The van der Waals surface area contributed by atoms with Crippen LogP contribution >= 0.6 is 0 Å². The molecule has 0 saturated heterocycles. The molecular formula is C21H25F3N2O4. The molecule has 6 nitrogen and oxygen atoms in total. The highest BCUT2D eigenvalue weighted by molar-refractivity contribution is 5.94. The summed E-state index contributed by atoms with van der Waals surface area (Å²) in [6.45, 7) is 4.62. The number of halogens is 3. The van der Waals surface area contributed by atoms with Gasteiger partial charge in [-0.3, -0.25) is 9.69 Å². The molecule has 0 radical (unpaired) electrons. The van der Waals surface area contributed by atoms with E-state index in [0.717, 1.165) is 0 Å². The number of anilines is 1. The van der Waals surface area contributed by atoms with Gasteiger partial charge in [-0.1, -0.05) is 18.2 Å². The number of hydrogen-bond donors (Lipinski definition) is 1. The largest absolute Gasteiger partial charge is 0.573 e. The minimum atomic E-state index is -4.78. The molecule has 0 aliphatic rings. The summed E-state index contributed by atoms with van der Waals surface area (Å²) < 4.78 is 52.8. The number of amides is 1. The van der Waals surface area contributed by atoms with Crippen LogP contribution in [0.3, 0.4) is 0 Å². The maximum atomic E-state index is 12.6. The molecule has 0 bridgehead atoms. The number of benzene rings is 2. The Bertz CT molecular complexity index is 843. The molecule has 164 valence electrons. The molecule has 1 amide bonds. The van der Waals surface area contributed by atoms with Gasteiger partial charge < -0.3 is 19.5 Å². The van der Waals surface area contributed by atoms with Crippen molar-refractivity contribution < 1.29 is 32.2 Å². The molecule has 0 fully saturated rings. The van der Waals surface area contributed by atoms with E-state index in [4.69, 9.17) is 9.47 Å². The quantitative estimate of drug-likeness (QED) is 0.608. The van der Waals surface area contributed by atoms with Crippen LogP contribution in [0.5, 0.6) is 17.2 Å². The number of alkyl halides is 3. The van der Waals surface area contributed by atoms with Crippen molar-refractivity contribution in [3.05, 3.63) is 48.0 Å². The van der Waals surface area contributed by atoms with E-state index in [1.54, 1.807) is 36.2 Å². The molecule has 1 N–H and O–H groups in total. The Morgan fingerprint density at radius 1 is 1.03 bits per heavy atom. The average molecular weight is 426 g/mol. The predicted molar refractivity (Wildman–Crippen MR) is 107 cm³/mol. The topological polar surface area (TPSA) is 60.0 Å². The molecule has 0 saturated carbocycles. The van der Waals surface area contributed by atoms with Crippen LogP contribution in [0.25, 0.3) is 0 Å². The first kappa shape index (κ1) is 23.3. The average Bonchev–Trinajstić information content (AvgIpc) is 2.64. The van der Waals surface area contributed by atoms with Gasteiger partial charge in [-0.2, -0.15) is 0 Å². The van der Waals surface area contributed by atoms with Crippen molar-refractivity contribution in [2.45, 2.75) is 26.8 Å². The zero-order chi connectivity index (χ0) is 22.1. The SMILES string of the molecule is CCOc1ccc(OCC)c(NC(=O)CN(C)Cc2ccccc2OC(F)(F)F)c1. The normalized spacial score (nSPS) is 11.3. The summed E-state index contributed by atoms with van der Waals surface area (Å²) in [5.74, 6) is 0.449. The molecule has 0 aliphatic heterocycles. The second kappa shape index (κ2) is 10.7. The second-order valence-electron chi connectivity index (χ2n) is 6.40. The van der Waals surface area contributed by atoms with E-state index in [-0.39, 0.29) is 24.7 Å². The molecule has 2 aromatic carbocycles. The highest BCUT2D eigenvalue weighted by Crippen LogP contribution is 2.30. The van der Waals surface area contributed by atoms with Crippen LogP contribution in [0.4, 0.5) is 18.9 Å². The first-order valence-corrected chi connectivity index (χ1v) is 9.43. The van der Waals surface area contributed by atoms with Crippen LogP contribution in [0, 0.1) is 0 Å². The minimum Gasteiger partial charge on any atom is -0.494 e. The molecule has 9 heteroatoms. The summed E-state index contributed by atoms with van der Waals surface area (Å²) in [4.78, 5) is 14.1. The third-order valence-electron chi connectivity index (χ3n) is 3.89. The number of hydrogen-bond acceptors (Lipinski definition) is 5. The second-order valence-corrected chi connectivity index (χ2v) is 6.40. The van der Waals surface area contributed by atoms with E-state index in [2.05, 4.69) is 10.1 Å². The molecule has 30 heavy (non-hydrogen) atoms. The maximum Gasteiger partial charge on any atom is 0.573 e. The molecule has 2 aromatic rings. The zero-order valence-electron chi connectivity index (χ0n) is 17.1. The first-order valence-electron chi connectivity index (χ1n) is 9.43. The lowest BCUT2D eigenvalue weighted by molar-refractivity contribution is -0.275. The van der Waals surface area contributed by atoms with Crippen molar-refractivity contribution in [1.29, 1.82) is 0 Å². The van der Waals surface area contributed by atoms with Crippen LogP contribution < -0.4 is 19.5 Å². The van der Waals surface area contributed by atoms with E-state index < -0.39 is 6.36 Å². The summed E-state index contributed by atoms with van der Waals surface area (Å²) in [7, 11) is 1.63. The third-order valence-corrected chi connectivity index (χ3v) is 3.89. The lowest BCUT2D eigenvalue weighted by Crippen LogP contribution is -2.30. The highest BCUT2D eigenvalue weighted by Gasteiger charge is 2.32. The smallest absolute Gasteiger partial charge is 0.494 e. The van der Waals surface area contributed by atoms with Gasteiger partial charge in [-0.05, 0) is 39.1 Å². The Hall–Kier alpha value is -2.94. The lowest BCUT2D eigenvalue weighted by Gasteiger charge is -2.20. The van der Waals surface area contributed by atoms with Gasteiger partial charge in [0, 0.05) is 18.2 Å². The molecular weight excluding hydrogens is 401 g/mol. The van der Waals surface area contributed by atoms with Crippen LogP contribution in [0.1, 0.15) is 19.4 Å². The zero-order valence-corrected chi connectivity index (χ0v) is 17.1. The summed E-state index contributed by atoms with van der Waals surface area (Å²) in [5, 5.41) is 2.77. The van der Waals surface area contributed by atoms with E-state index in [1.807, 2.05) is 13.8 Å². The number of nitrogens with one attached hydrogen (secondary N) is 1. The molecule has 0 heterocycles. The van der Waals surface area contributed by atoms with E-state index >= 15 is 0 Å².